The molecule has 3 rings (SSSR count). The molecule has 0 unspecified atom stereocenters. The minimum Gasteiger partial charge on any atom is -0.329 e. The lowest BCUT2D eigenvalue weighted by molar-refractivity contribution is 0.901. The second-order valence-corrected chi connectivity index (χ2v) is 7.06. The van der Waals surface area contributed by atoms with Crippen LogP contribution >= 0.6 is 11.9 Å². The summed E-state index contributed by atoms with van der Waals surface area (Å²) in [4.78, 5) is 12.0. The molecule has 1 aliphatic carbocycles. The summed E-state index contributed by atoms with van der Waals surface area (Å²) in [5.41, 5.74) is 7.79. The maximum Gasteiger partial charge on any atom is 0.229 e. The summed E-state index contributed by atoms with van der Waals surface area (Å²) in [7, 11) is 3.76. The Kier molecular flexibility index (Phi) is 6.69. The Balaban J connectivity index is 1.84. The molecule has 0 spiro atoms. The molecular formula is C21H25N7S. The highest BCUT2D eigenvalue weighted by Crippen LogP contribution is 2.25. The SMILES string of the molecule is C/C=C1\C=CC(N(C)c2ccnc(Nc3ccc(C)c(SN)c3)n2)=C\C1=N\NC. The van der Waals surface area contributed by atoms with Crippen LogP contribution in [0.25, 0.3) is 0 Å². The molecule has 0 fully saturated rings. The van der Waals surface area contributed by atoms with Crippen molar-refractivity contribution >= 4 is 35.1 Å². The van der Waals surface area contributed by atoms with E-state index in [0.29, 0.717) is 5.95 Å². The number of aromatic nitrogens is 2. The summed E-state index contributed by atoms with van der Waals surface area (Å²) < 4.78 is 0. The minimum absolute atomic E-state index is 0.518. The average Bonchev–Trinajstić information content (AvgIpc) is 2.75. The highest BCUT2D eigenvalue weighted by molar-refractivity contribution is 7.97. The second kappa shape index (κ2) is 9.40. The molecule has 7 nitrogen and oxygen atoms in total. The van der Waals surface area contributed by atoms with Crippen LogP contribution in [0.2, 0.25) is 0 Å². The van der Waals surface area contributed by atoms with Gasteiger partial charge in [0.15, 0.2) is 0 Å². The Morgan fingerprint density at radius 2 is 2.07 bits per heavy atom. The number of aryl methyl sites for hydroxylation is 1. The molecule has 1 heterocycles. The third kappa shape index (κ3) is 4.85. The molecule has 1 aliphatic rings. The van der Waals surface area contributed by atoms with Gasteiger partial charge in [0.05, 0.1) is 5.71 Å². The quantitative estimate of drug-likeness (QED) is 0.494. The molecule has 0 bridgehead atoms. The molecular weight excluding hydrogens is 382 g/mol. The number of nitrogens with one attached hydrogen (secondary N) is 2. The number of likely N-dealkylation sites (N-methyl/N-ethyl adjacent to an activating group) is 1. The first-order valence-corrected chi connectivity index (χ1v) is 10.1. The Bertz CT molecular complexity index is 1010. The summed E-state index contributed by atoms with van der Waals surface area (Å²) in [5, 5.41) is 13.3. The number of hydrogen-bond acceptors (Lipinski definition) is 8. The Morgan fingerprint density at radius 1 is 1.24 bits per heavy atom. The normalized spacial score (nSPS) is 16.1. The molecule has 150 valence electrons. The molecule has 1 aromatic carbocycles. The molecule has 0 aliphatic heterocycles. The van der Waals surface area contributed by atoms with E-state index in [1.807, 2.05) is 74.4 Å². The first-order valence-electron chi connectivity index (χ1n) is 9.17. The minimum atomic E-state index is 0.518. The van der Waals surface area contributed by atoms with Gasteiger partial charge in [-0.1, -0.05) is 18.2 Å². The van der Waals surface area contributed by atoms with Gasteiger partial charge in [-0.3, -0.25) is 5.14 Å². The van der Waals surface area contributed by atoms with E-state index in [1.54, 1.807) is 13.2 Å². The van der Waals surface area contributed by atoms with Gasteiger partial charge in [0.2, 0.25) is 5.95 Å². The lowest BCUT2D eigenvalue weighted by Gasteiger charge is -2.22. The summed E-state index contributed by atoms with van der Waals surface area (Å²) in [5.74, 6) is 1.29. The summed E-state index contributed by atoms with van der Waals surface area (Å²) in [6.45, 7) is 4.02. The van der Waals surface area contributed by atoms with E-state index < -0.39 is 0 Å². The van der Waals surface area contributed by atoms with Crippen molar-refractivity contribution < 1.29 is 0 Å². The van der Waals surface area contributed by atoms with Crippen molar-refractivity contribution in [1.82, 2.24) is 15.4 Å². The van der Waals surface area contributed by atoms with Gasteiger partial charge in [0.1, 0.15) is 5.82 Å². The number of nitrogens with zero attached hydrogens (tertiary/aromatic N) is 4. The van der Waals surface area contributed by atoms with E-state index >= 15 is 0 Å². The smallest absolute Gasteiger partial charge is 0.229 e. The Hall–Kier alpha value is -3.10. The van der Waals surface area contributed by atoms with Crippen LogP contribution < -0.4 is 20.8 Å². The van der Waals surface area contributed by atoms with Gasteiger partial charge in [-0.15, -0.1) is 0 Å². The van der Waals surface area contributed by atoms with Crippen LogP contribution in [0.15, 0.2) is 76.0 Å². The zero-order valence-electron chi connectivity index (χ0n) is 17.0. The fourth-order valence-corrected chi connectivity index (χ4v) is 3.31. The molecule has 0 saturated carbocycles. The van der Waals surface area contributed by atoms with E-state index in [4.69, 9.17) is 5.14 Å². The maximum atomic E-state index is 5.73. The van der Waals surface area contributed by atoms with Gasteiger partial charge in [0.25, 0.3) is 0 Å². The fourth-order valence-electron chi connectivity index (χ4n) is 2.86. The number of allylic oxidation sites excluding steroid dienone is 5. The van der Waals surface area contributed by atoms with Gasteiger partial charge < -0.3 is 15.6 Å². The van der Waals surface area contributed by atoms with Crippen LogP contribution in [0.1, 0.15) is 12.5 Å². The van der Waals surface area contributed by atoms with Crippen molar-refractivity contribution in [2.75, 3.05) is 24.3 Å². The lowest BCUT2D eigenvalue weighted by atomic mass is 10.0. The maximum absolute atomic E-state index is 5.73. The monoisotopic (exact) mass is 407 g/mol. The largest absolute Gasteiger partial charge is 0.329 e. The number of hydrazone groups is 1. The van der Waals surface area contributed by atoms with Crippen LogP contribution in [0.5, 0.6) is 0 Å². The van der Waals surface area contributed by atoms with Crippen molar-refractivity contribution in [3.8, 4) is 0 Å². The highest BCUT2D eigenvalue weighted by Gasteiger charge is 2.14. The number of hydrogen-bond donors (Lipinski definition) is 3. The molecule has 0 amide bonds. The van der Waals surface area contributed by atoms with Crippen LogP contribution in [-0.2, 0) is 0 Å². The molecule has 2 aromatic rings. The van der Waals surface area contributed by atoms with E-state index in [0.717, 1.165) is 38.9 Å². The molecule has 29 heavy (non-hydrogen) atoms. The third-order valence-electron chi connectivity index (χ3n) is 4.50. The van der Waals surface area contributed by atoms with Gasteiger partial charge in [-0.05, 0) is 67.3 Å². The van der Waals surface area contributed by atoms with E-state index in [-0.39, 0.29) is 0 Å². The Morgan fingerprint density at radius 3 is 2.79 bits per heavy atom. The van der Waals surface area contributed by atoms with Crippen molar-refractivity contribution in [2.24, 2.45) is 10.2 Å². The molecule has 0 saturated heterocycles. The second-order valence-electron chi connectivity index (χ2n) is 6.39. The zero-order valence-corrected chi connectivity index (χ0v) is 17.8. The van der Waals surface area contributed by atoms with E-state index in [9.17, 15) is 0 Å². The number of rotatable bonds is 6. The number of benzene rings is 1. The van der Waals surface area contributed by atoms with Crippen LogP contribution in [0.3, 0.4) is 0 Å². The van der Waals surface area contributed by atoms with E-state index in [1.165, 1.54) is 11.9 Å². The van der Waals surface area contributed by atoms with Crippen LogP contribution in [0, 0.1) is 6.92 Å². The number of anilines is 3. The van der Waals surface area contributed by atoms with Crippen LogP contribution in [0.4, 0.5) is 17.5 Å². The van der Waals surface area contributed by atoms with Crippen molar-refractivity contribution in [2.45, 2.75) is 18.7 Å². The van der Waals surface area contributed by atoms with Crippen molar-refractivity contribution in [3.05, 3.63) is 71.6 Å². The summed E-state index contributed by atoms with van der Waals surface area (Å²) >= 11 is 1.23. The summed E-state index contributed by atoms with van der Waals surface area (Å²) in [6, 6.07) is 7.87. The molecule has 0 atom stereocenters. The molecule has 1 aromatic heterocycles. The highest BCUT2D eigenvalue weighted by atomic mass is 32.2. The first-order chi connectivity index (χ1) is 14.0. The predicted molar refractivity (Wildman–Crippen MR) is 122 cm³/mol. The van der Waals surface area contributed by atoms with Gasteiger partial charge in [0, 0.05) is 36.6 Å². The Labute approximate surface area is 175 Å². The van der Waals surface area contributed by atoms with Gasteiger partial charge in [-0.2, -0.15) is 10.1 Å². The lowest BCUT2D eigenvalue weighted by Crippen LogP contribution is -2.21. The molecule has 0 radical (unpaired) electrons. The zero-order chi connectivity index (χ0) is 20.8. The first kappa shape index (κ1) is 20.6. The third-order valence-corrected chi connectivity index (χ3v) is 5.19. The molecule has 8 heteroatoms. The van der Waals surface area contributed by atoms with Gasteiger partial charge in [-0.25, -0.2) is 4.98 Å². The standard InChI is InChI=1S/C21H25N7S/c1-5-15-7-9-17(13-18(15)27-23-3)28(4)20-10-11-24-21(26-20)25-16-8-6-14(2)19(12-16)29-22/h5-13,23H,22H2,1-4H3,(H,24,25,26)/b15-5+,27-18-. The summed E-state index contributed by atoms with van der Waals surface area (Å²) in [6.07, 6.45) is 9.87. The van der Waals surface area contributed by atoms with Gasteiger partial charge >= 0.3 is 0 Å². The fraction of sp³-hybridized carbons (Fsp3) is 0.190. The molecule has 4 N–H and O–H groups in total. The van der Waals surface area contributed by atoms with Crippen LogP contribution in [-0.4, -0.2) is 29.8 Å². The van der Waals surface area contributed by atoms with Crippen molar-refractivity contribution in [3.63, 3.8) is 0 Å². The topological polar surface area (TPSA) is 91.5 Å². The number of nitrogens with two attached hydrogens (primary N) is 1. The van der Waals surface area contributed by atoms with Crippen molar-refractivity contribution in [1.29, 1.82) is 0 Å². The van der Waals surface area contributed by atoms with E-state index in [2.05, 4.69) is 25.8 Å². The average molecular weight is 408 g/mol. The predicted octanol–water partition coefficient (Wildman–Crippen LogP) is 3.91.